The molecule has 138 valence electrons. The fourth-order valence-corrected chi connectivity index (χ4v) is 4.55. The van der Waals surface area contributed by atoms with E-state index in [2.05, 4.69) is 15.7 Å². The molecule has 0 saturated heterocycles. The highest BCUT2D eigenvalue weighted by molar-refractivity contribution is 7.98. The molecule has 1 aliphatic heterocycles. The molecule has 1 fully saturated rings. The van der Waals surface area contributed by atoms with Gasteiger partial charge < -0.3 is 15.1 Å². The Hall–Kier alpha value is -2.22. The summed E-state index contributed by atoms with van der Waals surface area (Å²) in [7, 11) is 0. The van der Waals surface area contributed by atoms with Gasteiger partial charge in [-0.2, -0.15) is 16.9 Å². The van der Waals surface area contributed by atoms with Gasteiger partial charge in [-0.1, -0.05) is 12.8 Å². The Morgan fingerprint density at radius 2 is 2.15 bits per heavy atom. The van der Waals surface area contributed by atoms with E-state index in [1.54, 1.807) is 28.8 Å². The first kappa shape index (κ1) is 17.2. The van der Waals surface area contributed by atoms with Gasteiger partial charge in [-0.05, 0) is 25.0 Å². The Morgan fingerprint density at radius 3 is 2.92 bits per heavy atom. The summed E-state index contributed by atoms with van der Waals surface area (Å²) in [4.78, 5) is 24.9. The molecule has 3 heterocycles. The maximum Gasteiger partial charge on any atom is 0.242 e. The molecule has 0 unspecified atom stereocenters. The summed E-state index contributed by atoms with van der Waals surface area (Å²) in [5.41, 5.74) is 2.02. The largest absolute Gasteiger partial charge is 0.467 e. The molecule has 0 bridgehead atoms. The number of furan rings is 1. The van der Waals surface area contributed by atoms with Gasteiger partial charge in [0.05, 0.1) is 18.5 Å². The number of anilines is 1. The molecule has 2 aliphatic rings. The van der Waals surface area contributed by atoms with Crippen LogP contribution in [0.1, 0.15) is 42.7 Å². The summed E-state index contributed by atoms with van der Waals surface area (Å²) in [6.45, 7) is 0.422. The predicted molar refractivity (Wildman–Crippen MR) is 98.4 cm³/mol. The molecule has 0 spiro atoms. The van der Waals surface area contributed by atoms with E-state index in [0.29, 0.717) is 18.1 Å². The van der Waals surface area contributed by atoms with Gasteiger partial charge in [-0.25, -0.2) is 4.68 Å². The molecule has 1 aliphatic carbocycles. The summed E-state index contributed by atoms with van der Waals surface area (Å²) in [6.07, 6.45) is 5.69. The van der Waals surface area contributed by atoms with E-state index < -0.39 is 0 Å². The van der Waals surface area contributed by atoms with Gasteiger partial charge in [0.2, 0.25) is 11.8 Å². The highest BCUT2D eigenvalue weighted by Crippen LogP contribution is 2.35. The first-order chi connectivity index (χ1) is 12.7. The Bertz CT molecular complexity index is 794. The third-order valence-electron chi connectivity index (χ3n) is 4.92. The summed E-state index contributed by atoms with van der Waals surface area (Å²) in [6, 6.07) is 3.60. The number of hydrogen-bond donors (Lipinski definition) is 2. The lowest BCUT2D eigenvalue weighted by Gasteiger charge is -2.14. The van der Waals surface area contributed by atoms with E-state index in [9.17, 15) is 9.59 Å². The lowest BCUT2D eigenvalue weighted by atomic mass is 10.1. The molecular weight excluding hydrogens is 352 g/mol. The summed E-state index contributed by atoms with van der Waals surface area (Å²) >= 11 is 1.78. The van der Waals surface area contributed by atoms with Crippen LogP contribution >= 0.6 is 11.8 Å². The number of carbonyl (C=O) groups is 2. The minimum absolute atomic E-state index is 0.0549. The average Bonchev–Trinajstić information content (AvgIpc) is 3.40. The number of fused-ring (bicyclic) bond motifs is 1. The molecule has 2 aromatic heterocycles. The van der Waals surface area contributed by atoms with Gasteiger partial charge in [0.25, 0.3) is 0 Å². The molecule has 1 saturated carbocycles. The second-order valence-electron chi connectivity index (χ2n) is 6.75. The lowest BCUT2D eigenvalue weighted by molar-refractivity contribution is -0.122. The van der Waals surface area contributed by atoms with Crippen molar-refractivity contribution >= 4 is 29.4 Å². The van der Waals surface area contributed by atoms with Gasteiger partial charge in [-0.3, -0.25) is 9.59 Å². The van der Waals surface area contributed by atoms with Crippen molar-refractivity contribution in [2.75, 3.05) is 5.32 Å². The van der Waals surface area contributed by atoms with Crippen LogP contribution in [0.5, 0.6) is 0 Å². The van der Waals surface area contributed by atoms with Crippen LogP contribution in [-0.2, 0) is 34.2 Å². The molecule has 0 aromatic carbocycles. The van der Waals surface area contributed by atoms with Gasteiger partial charge >= 0.3 is 0 Å². The Morgan fingerprint density at radius 1 is 1.31 bits per heavy atom. The van der Waals surface area contributed by atoms with E-state index in [0.717, 1.165) is 48.4 Å². The van der Waals surface area contributed by atoms with Gasteiger partial charge in [0.15, 0.2) is 0 Å². The summed E-state index contributed by atoms with van der Waals surface area (Å²) in [5.74, 6) is 3.01. The minimum atomic E-state index is -0.161. The highest BCUT2D eigenvalue weighted by atomic mass is 32.2. The number of thioether (sulfide) groups is 1. The zero-order chi connectivity index (χ0) is 17.9. The molecule has 0 radical (unpaired) electrons. The van der Waals surface area contributed by atoms with Crippen molar-refractivity contribution in [2.45, 2.75) is 50.3 Å². The van der Waals surface area contributed by atoms with Crippen LogP contribution < -0.4 is 10.6 Å². The third kappa shape index (κ3) is 3.65. The highest BCUT2D eigenvalue weighted by Gasteiger charge is 2.28. The predicted octanol–water partition coefficient (Wildman–Crippen LogP) is 2.67. The van der Waals surface area contributed by atoms with Crippen molar-refractivity contribution in [2.24, 2.45) is 5.92 Å². The lowest BCUT2D eigenvalue weighted by Crippen LogP contribution is -2.29. The maximum atomic E-state index is 12.6. The molecule has 2 aromatic rings. The van der Waals surface area contributed by atoms with Crippen LogP contribution in [0.25, 0.3) is 0 Å². The van der Waals surface area contributed by atoms with Gasteiger partial charge in [0, 0.05) is 23.0 Å². The fraction of sp³-hybridized carbons (Fsp3) is 0.500. The van der Waals surface area contributed by atoms with Crippen molar-refractivity contribution in [1.29, 1.82) is 0 Å². The van der Waals surface area contributed by atoms with Crippen molar-refractivity contribution in [3.63, 3.8) is 0 Å². The zero-order valence-electron chi connectivity index (χ0n) is 14.5. The van der Waals surface area contributed by atoms with Crippen molar-refractivity contribution in [1.82, 2.24) is 15.1 Å². The standard InChI is InChI=1S/C18H22N4O3S/c23-16(19-8-13-6-3-7-25-13)9-22-17(14-10-26-11-15(14)21-22)20-18(24)12-4-1-2-5-12/h3,6-7,12H,1-2,4-5,8-11H2,(H,19,23)(H,20,24). The third-order valence-corrected chi connectivity index (χ3v) is 5.89. The fourth-order valence-electron chi connectivity index (χ4n) is 3.52. The van der Waals surface area contributed by atoms with E-state index in [4.69, 9.17) is 4.42 Å². The number of hydrogen-bond acceptors (Lipinski definition) is 5. The number of aromatic nitrogens is 2. The van der Waals surface area contributed by atoms with Crippen molar-refractivity contribution < 1.29 is 14.0 Å². The average molecular weight is 374 g/mol. The van der Waals surface area contributed by atoms with E-state index in [-0.39, 0.29) is 24.3 Å². The number of rotatable bonds is 6. The molecule has 0 atom stereocenters. The van der Waals surface area contributed by atoms with Crippen LogP contribution in [0.3, 0.4) is 0 Å². The Labute approximate surface area is 155 Å². The summed E-state index contributed by atoms with van der Waals surface area (Å²) in [5, 5.41) is 10.4. The monoisotopic (exact) mass is 374 g/mol. The van der Waals surface area contributed by atoms with Crippen LogP contribution in [0.4, 0.5) is 5.82 Å². The summed E-state index contributed by atoms with van der Waals surface area (Å²) < 4.78 is 6.85. The molecule has 4 rings (SSSR count). The van der Waals surface area contributed by atoms with Crippen molar-refractivity contribution in [3.05, 3.63) is 35.4 Å². The number of carbonyl (C=O) groups excluding carboxylic acids is 2. The first-order valence-electron chi connectivity index (χ1n) is 8.97. The molecule has 2 amide bonds. The maximum absolute atomic E-state index is 12.6. The van der Waals surface area contributed by atoms with Crippen molar-refractivity contribution in [3.8, 4) is 0 Å². The van der Waals surface area contributed by atoms with Gasteiger partial charge in [0.1, 0.15) is 18.1 Å². The Kier molecular flexibility index (Phi) is 5.01. The van der Waals surface area contributed by atoms with E-state index in [1.165, 1.54) is 0 Å². The Balaban J connectivity index is 1.45. The quantitative estimate of drug-likeness (QED) is 0.811. The van der Waals surface area contributed by atoms with Crippen LogP contribution in [0.2, 0.25) is 0 Å². The second kappa shape index (κ2) is 7.57. The van der Waals surface area contributed by atoms with E-state index in [1.807, 2.05) is 6.07 Å². The van der Waals surface area contributed by atoms with Crippen LogP contribution in [-0.4, -0.2) is 21.6 Å². The number of nitrogens with one attached hydrogen (secondary N) is 2. The topological polar surface area (TPSA) is 89.2 Å². The smallest absolute Gasteiger partial charge is 0.242 e. The van der Waals surface area contributed by atoms with Crippen LogP contribution in [0.15, 0.2) is 22.8 Å². The molecule has 8 heteroatoms. The SMILES string of the molecule is O=C(Cn1nc2c(c1NC(=O)C1CCCC1)CSC2)NCc1ccco1. The van der Waals surface area contributed by atoms with Gasteiger partial charge in [-0.15, -0.1) is 0 Å². The van der Waals surface area contributed by atoms with Crippen LogP contribution in [0, 0.1) is 5.92 Å². The molecule has 7 nitrogen and oxygen atoms in total. The second-order valence-corrected chi connectivity index (χ2v) is 7.74. The zero-order valence-corrected chi connectivity index (χ0v) is 15.3. The number of amides is 2. The molecular formula is C18H22N4O3S. The first-order valence-corrected chi connectivity index (χ1v) is 10.1. The normalized spacial score (nSPS) is 16.6. The molecule has 26 heavy (non-hydrogen) atoms. The number of nitrogens with zero attached hydrogens (tertiary/aromatic N) is 2. The van der Waals surface area contributed by atoms with E-state index >= 15 is 0 Å². The minimum Gasteiger partial charge on any atom is -0.467 e. The molecule has 2 N–H and O–H groups in total.